The highest BCUT2D eigenvalue weighted by molar-refractivity contribution is 9.10. The molecule has 1 aromatic carbocycles. The molecule has 0 fully saturated rings. The summed E-state index contributed by atoms with van der Waals surface area (Å²) >= 11 is 5.02. The molecule has 1 N–H and O–H groups in total. The molecule has 0 aliphatic carbocycles. The first-order valence-corrected chi connectivity index (χ1v) is 6.37. The summed E-state index contributed by atoms with van der Waals surface area (Å²) in [6, 6.07) is 3.11. The van der Waals surface area contributed by atoms with Crippen LogP contribution in [0.25, 0.3) is 0 Å². The van der Waals surface area contributed by atoms with Gasteiger partial charge >= 0.3 is 0 Å². The molecule has 0 spiro atoms. The molecule has 0 aromatic heterocycles. The van der Waals surface area contributed by atoms with Crippen molar-refractivity contribution < 1.29 is 9.50 Å². The molecule has 0 unspecified atom stereocenters. The van der Waals surface area contributed by atoms with Crippen molar-refractivity contribution in [1.82, 2.24) is 0 Å². The van der Waals surface area contributed by atoms with Crippen LogP contribution in [0.5, 0.6) is 0 Å². The van der Waals surface area contributed by atoms with Crippen molar-refractivity contribution in [3.05, 3.63) is 33.5 Å². The van der Waals surface area contributed by atoms with Gasteiger partial charge in [-0.2, -0.15) is 11.8 Å². The number of benzene rings is 1. The predicted octanol–water partition coefficient (Wildman–Crippen LogP) is 3.26. The molecule has 4 heteroatoms. The number of rotatable bonds is 0. The van der Waals surface area contributed by atoms with Gasteiger partial charge in [-0.05, 0) is 24.3 Å². The zero-order valence-electron chi connectivity index (χ0n) is 7.46. The van der Waals surface area contributed by atoms with Crippen LogP contribution < -0.4 is 0 Å². The normalized spacial score (nSPS) is 21.5. The third-order valence-corrected chi connectivity index (χ3v) is 4.07. The van der Waals surface area contributed by atoms with Crippen molar-refractivity contribution in [1.29, 1.82) is 0 Å². The van der Waals surface area contributed by atoms with Crippen molar-refractivity contribution in [2.45, 2.75) is 18.3 Å². The minimum absolute atomic E-state index is 0.211. The highest BCUT2D eigenvalue weighted by Gasteiger charge is 2.21. The molecule has 1 aliphatic heterocycles. The summed E-state index contributed by atoms with van der Waals surface area (Å²) in [6.07, 6.45) is 0.157. The Hall–Kier alpha value is -0.0600. The molecule has 1 heterocycles. The van der Waals surface area contributed by atoms with Crippen LogP contribution in [0.4, 0.5) is 4.39 Å². The standard InChI is InChI=1S/C10H10BrFOS/c11-7-1-2-8(12)6-5-14-4-3-9(13)10(6)7/h1-2,9,13H,3-5H2/t9-/m0/s1. The van der Waals surface area contributed by atoms with Gasteiger partial charge in [-0.3, -0.25) is 0 Å². The maximum Gasteiger partial charge on any atom is 0.127 e. The van der Waals surface area contributed by atoms with E-state index in [9.17, 15) is 9.50 Å². The Morgan fingerprint density at radius 3 is 3.07 bits per heavy atom. The van der Waals surface area contributed by atoms with Gasteiger partial charge in [-0.1, -0.05) is 15.9 Å². The largest absolute Gasteiger partial charge is 0.388 e. The summed E-state index contributed by atoms with van der Waals surface area (Å²) in [5.74, 6) is 1.32. The molecule has 1 aliphatic rings. The third-order valence-electron chi connectivity index (χ3n) is 2.36. The second kappa shape index (κ2) is 4.21. The van der Waals surface area contributed by atoms with Crippen LogP contribution in [0, 0.1) is 5.82 Å². The van der Waals surface area contributed by atoms with Gasteiger partial charge in [0, 0.05) is 21.4 Å². The molecule has 1 aromatic rings. The molecule has 0 saturated heterocycles. The van der Waals surface area contributed by atoms with Crippen LogP contribution in [0.1, 0.15) is 23.7 Å². The van der Waals surface area contributed by atoms with Gasteiger partial charge in [0.05, 0.1) is 6.10 Å². The summed E-state index contributed by atoms with van der Waals surface area (Å²) in [7, 11) is 0. The van der Waals surface area contributed by atoms with Crippen LogP contribution in [0.2, 0.25) is 0 Å². The summed E-state index contributed by atoms with van der Waals surface area (Å²) in [4.78, 5) is 0. The zero-order chi connectivity index (χ0) is 10.1. The summed E-state index contributed by atoms with van der Waals surface area (Å²) in [5, 5.41) is 9.84. The Morgan fingerprint density at radius 1 is 1.50 bits per heavy atom. The first-order valence-electron chi connectivity index (χ1n) is 4.42. The minimum atomic E-state index is -0.537. The van der Waals surface area contributed by atoms with Gasteiger partial charge in [0.2, 0.25) is 0 Å². The minimum Gasteiger partial charge on any atom is -0.388 e. The van der Waals surface area contributed by atoms with Gasteiger partial charge in [-0.15, -0.1) is 0 Å². The van der Waals surface area contributed by atoms with E-state index in [4.69, 9.17) is 0 Å². The molecule has 1 nitrogen and oxygen atoms in total. The fraction of sp³-hybridized carbons (Fsp3) is 0.400. The van der Waals surface area contributed by atoms with E-state index < -0.39 is 6.10 Å². The zero-order valence-corrected chi connectivity index (χ0v) is 9.87. The lowest BCUT2D eigenvalue weighted by molar-refractivity contribution is 0.173. The molecule has 2 rings (SSSR count). The van der Waals surface area contributed by atoms with E-state index in [0.29, 0.717) is 17.7 Å². The topological polar surface area (TPSA) is 20.2 Å². The van der Waals surface area contributed by atoms with E-state index in [-0.39, 0.29) is 5.82 Å². The van der Waals surface area contributed by atoms with Crippen molar-refractivity contribution in [2.24, 2.45) is 0 Å². The Kier molecular flexibility index (Phi) is 3.14. The van der Waals surface area contributed by atoms with Crippen LogP contribution in [-0.4, -0.2) is 10.9 Å². The molecule has 0 radical (unpaired) electrons. The van der Waals surface area contributed by atoms with Crippen LogP contribution >= 0.6 is 27.7 Å². The van der Waals surface area contributed by atoms with Gasteiger partial charge in [-0.25, -0.2) is 4.39 Å². The highest BCUT2D eigenvalue weighted by Crippen LogP contribution is 2.36. The Balaban J connectivity index is 2.57. The van der Waals surface area contributed by atoms with Crippen molar-refractivity contribution in [3.63, 3.8) is 0 Å². The van der Waals surface area contributed by atoms with Crippen LogP contribution in [0.3, 0.4) is 0 Å². The van der Waals surface area contributed by atoms with E-state index in [2.05, 4.69) is 15.9 Å². The lowest BCUT2D eigenvalue weighted by atomic mass is 10.0. The maximum atomic E-state index is 13.5. The lowest BCUT2D eigenvalue weighted by Crippen LogP contribution is -2.02. The molecule has 0 amide bonds. The Morgan fingerprint density at radius 2 is 2.29 bits per heavy atom. The summed E-state index contributed by atoms with van der Waals surface area (Å²) in [6.45, 7) is 0. The average Bonchev–Trinajstić information content (AvgIpc) is 2.35. The molecular formula is C10H10BrFOS. The quantitative estimate of drug-likeness (QED) is 0.785. The van der Waals surface area contributed by atoms with E-state index in [1.165, 1.54) is 6.07 Å². The molecule has 0 saturated carbocycles. The second-order valence-corrected chi connectivity index (χ2v) is 5.24. The number of thioether (sulfide) groups is 1. The smallest absolute Gasteiger partial charge is 0.127 e. The number of fused-ring (bicyclic) bond motifs is 1. The van der Waals surface area contributed by atoms with Crippen molar-refractivity contribution in [2.75, 3.05) is 5.75 Å². The van der Waals surface area contributed by atoms with Gasteiger partial charge in [0.25, 0.3) is 0 Å². The molecule has 76 valence electrons. The van der Waals surface area contributed by atoms with Crippen LogP contribution in [0.15, 0.2) is 16.6 Å². The maximum absolute atomic E-state index is 13.5. The number of aliphatic hydroxyl groups is 1. The number of hydrogen-bond acceptors (Lipinski definition) is 2. The second-order valence-electron chi connectivity index (χ2n) is 3.28. The van der Waals surface area contributed by atoms with Gasteiger partial charge in [0.1, 0.15) is 5.82 Å². The number of hydrogen-bond donors (Lipinski definition) is 1. The molecular weight excluding hydrogens is 267 g/mol. The van der Waals surface area contributed by atoms with Crippen LogP contribution in [-0.2, 0) is 5.75 Å². The monoisotopic (exact) mass is 276 g/mol. The average molecular weight is 277 g/mol. The van der Waals surface area contributed by atoms with E-state index in [1.807, 2.05) is 0 Å². The molecule has 0 bridgehead atoms. The number of aliphatic hydroxyl groups excluding tert-OH is 1. The summed E-state index contributed by atoms with van der Waals surface area (Å²) < 4.78 is 14.3. The van der Waals surface area contributed by atoms with Crippen molar-refractivity contribution >= 4 is 27.7 Å². The SMILES string of the molecule is O[C@H]1CCSCc2c(F)ccc(Br)c21. The van der Waals surface area contributed by atoms with E-state index in [0.717, 1.165) is 15.8 Å². The van der Waals surface area contributed by atoms with Crippen molar-refractivity contribution in [3.8, 4) is 0 Å². The predicted molar refractivity (Wildman–Crippen MR) is 59.8 cm³/mol. The fourth-order valence-electron chi connectivity index (χ4n) is 1.63. The highest BCUT2D eigenvalue weighted by atomic mass is 79.9. The molecule has 1 atom stereocenters. The lowest BCUT2D eigenvalue weighted by Gasteiger charge is -2.13. The molecule has 14 heavy (non-hydrogen) atoms. The summed E-state index contributed by atoms with van der Waals surface area (Å²) in [5.41, 5.74) is 1.38. The third kappa shape index (κ3) is 1.83. The van der Waals surface area contributed by atoms with E-state index in [1.54, 1.807) is 17.8 Å². The first kappa shape index (κ1) is 10.5. The van der Waals surface area contributed by atoms with E-state index >= 15 is 0 Å². The number of halogens is 2. The van der Waals surface area contributed by atoms with Gasteiger partial charge < -0.3 is 5.11 Å². The first-order chi connectivity index (χ1) is 6.70. The van der Waals surface area contributed by atoms with Gasteiger partial charge in [0.15, 0.2) is 0 Å². The Labute approximate surface area is 94.8 Å². The fourth-order valence-corrected chi connectivity index (χ4v) is 3.30. The Bertz CT molecular complexity index is 356.